The summed E-state index contributed by atoms with van der Waals surface area (Å²) in [5.74, 6) is 0. The maximum Gasteiger partial charge on any atom is 0.0804 e. The Morgan fingerprint density at radius 1 is 0.420 bits per heavy atom. The molecule has 0 aliphatic carbocycles. The first-order valence-corrected chi connectivity index (χ1v) is 26.6. The van der Waals surface area contributed by atoms with Crippen molar-refractivity contribution >= 4 is 108 Å². The van der Waals surface area contributed by atoms with Gasteiger partial charge in [-0.25, -0.2) is 0 Å². The molecule has 0 bridgehead atoms. The summed E-state index contributed by atoms with van der Waals surface area (Å²) in [5, 5.41) is 65.8. The van der Waals surface area contributed by atoms with Crippen LogP contribution in [0.1, 0.15) is 152 Å². The van der Waals surface area contributed by atoms with E-state index in [0.717, 1.165) is 84.5 Å². The first-order valence-electron chi connectivity index (χ1n) is 22.7. The van der Waals surface area contributed by atoms with Gasteiger partial charge in [0.15, 0.2) is 0 Å². The molecule has 5 rings (SSSR count). The number of halogens is 5. The van der Waals surface area contributed by atoms with Crippen molar-refractivity contribution in [1.29, 1.82) is 27.0 Å². The highest BCUT2D eigenvalue weighted by atomic mass is 75.9. The zero-order chi connectivity index (χ0) is 51.0. The molecular formula is C56H74Br5N5O3. The van der Waals surface area contributed by atoms with Gasteiger partial charge in [0.1, 0.15) is 0 Å². The minimum Gasteiger partial charge on any atom is -0.388 e. The largest absolute Gasteiger partial charge is 0.388 e. The minimum absolute atomic E-state index is 0. The number of nitrogens with one attached hydrogen (secondary N) is 5. The van der Waals surface area contributed by atoms with Gasteiger partial charge in [0.25, 0.3) is 0 Å². The smallest absolute Gasteiger partial charge is 0.0804 e. The van der Waals surface area contributed by atoms with Crippen LogP contribution in [0.5, 0.6) is 0 Å². The molecule has 5 aromatic carbocycles. The Labute approximate surface area is 455 Å². The molecule has 13 heteroatoms. The highest BCUT2D eigenvalue weighted by molar-refractivity contribution is 9.11. The molecule has 0 spiro atoms. The lowest BCUT2D eigenvalue weighted by Gasteiger charge is -2.11. The molecule has 69 heavy (non-hydrogen) atoms. The van der Waals surface area contributed by atoms with Gasteiger partial charge in [0, 0.05) is 50.9 Å². The summed E-state index contributed by atoms with van der Waals surface area (Å²) >= 11 is 17.0. The molecule has 0 amide bonds. The van der Waals surface area contributed by atoms with Crippen molar-refractivity contribution in [2.45, 2.75) is 137 Å². The first kappa shape index (κ1) is 65.7. The van der Waals surface area contributed by atoms with E-state index in [1.54, 1.807) is 20.8 Å². The lowest BCUT2D eigenvalue weighted by atomic mass is 10.0. The maximum absolute atomic E-state index is 9.82. The Hall–Kier alpha value is -3.27. The van der Waals surface area contributed by atoms with Crippen molar-refractivity contribution in [3.63, 3.8) is 0 Å². The molecule has 0 fully saturated rings. The topological polar surface area (TPSA) is 180 Å². The van der Waals surface area contributed by atoms with Crippen LogP contribution in [0.25, 0.3) is 0 Å². The molecule has 8 N–H and O–H groups in total. The van der Waals surface area contributed by atoms with E-state index in [1.807, 2.05) is 92.7 Å². The number of aliphatic hydroxyl groups is 3. The van der Waals surface area contributed by atoms with Crippen LogP contribution in [0.15, 0.2) is 144 Å². The summed E-state index contributed by atoms with van der Waals surface area (Å²) in [6.07, 6.45) is 8.48. The van der Waals surface area contributed by atoms with Gasteiger partial charge >= 0.3 is 0 Å². The molecule has 0 saturated heterocycles. The predicted molar refractivity (Wildman–Crippen MR) is 313 cm³/mol. The zero-order valence-electron chi connectivity index (χ0n) is 40.0. The van der Waals surface area contributed by atoms with Gasteiger partial charge in [0.05, 0.1) is 18.3 Å². The molecule has 0 aromatic heterocycles. The normalized spacial score (nSPS) is 11.4. The van der Waals surface area contributed by atoms with Crippen molar-refractivity contribution in [3.8, 4) is 0 Å². The van der Waals surface area contributed by atoms with Crippen molar-refractivity contribution < 1.29 is 15.3 Å². The van der Waals surface area contributed by atoms with Crippen LogP contribution in [0.4, 0.5) is 0 Å². The fourth-order valence-corrected chi connectivity index (χ4v) is 8.12. The van der Waals surface area contributed by atoms with E-state index in [4.69, 9.17) is 27.0 Å². The van der Waals surface area contributed by atoms with E-state index in [9.17, 15) is 15.3 Å². The molecule has 3 atom stereocenters. The average molecular weight is 1240 g/mol. The van der Waals surface area contributed by atoms with E-state index in [2.05, 4.69) is 122 Å². The van der Waals surface area contributed by atoms with E-state index >= 15 is 0 Å². The quantitative estimate of drug-likeness (QED) is 0.0362. The summed E-state index contributed by atoms with van der Waals surface area (Å²) < 4.78 is 5.21. The number of hydrogen-bond acceptors (Lipinski definition) is 8. The number of aryl methyl sites for hydroxylation is 2. The zero-order valence-corrected chi connectivity index (χ0v) is 47.9. The Balaban J connectivity index is 0.000000835. The molecular weight excluding hydrogens is 1170 g/mol. The Bertz CT molecular complexity index is 2270. The fraction of sp³-hybridized carbons (Fsp3) is 0.375. The first-order chi connectivity index (χ1) is 32.2. The highest BCUT2D eigenvalue weighted by Gasteiger charge is 2.11. The van der Waals surface area contributed by atoms with Crippen molar-refractivity contribution in [2.75, 3.05) is 0 Å². The van der Waals surface area contributed by atoms with Crippen LogP contribution in [0.2, 0.25) is 0 Å². The van der Waals surface area contributed by atoms with Crippen LogP contribution in [0, 0.1) is 27.0 Å². The lowest BCUT2D eigenvalue weighted by molar-refractivity contribution is 0.169. The molecule has 8 nitrogen and oxygen atoms in total. The van der Waals surface area contributed by atoms with Crippen LogP contribution in [-0.2, 0) is 12.8 Å². The highest BCUT2D eigenvalue weighted by Crippen LogP contribution is 2.27. The predicted octanol–water partition coefficient (Wildman–Crippen LogP) is 18.2. The number of hydrogen-bond donors (Lipinski definition) is 8. The Morgan fingerprint density at radius 2 is 0.841 bits per heavy atom. The van der Waals surface area contributed by atoms with Gasteiger partial charge in [-0.3, -0.25) is 0 Å². The van der Waals surface area contributed by atoms with Crippen LogP contribution in [-0.4, -0.2) is 43.9 Å². The van der Waals surface area contributed by atoms with E-state index in [0.29, 0.717) is 55.7 Å². The van der Waals surface area contributed by atoms with Gasteiger partial charge in [-0.15, -0.1) is 0 Å². The third-order valence-corrected chi connectivity index (χ3v) is 13.1. The van der Waals surface area contributed by atoms with E-state index in [-0.39, 0.29) is 7.43 Å². The molecule has 0 aliphatic heterocycles. The molecule has 0 heterocycles. The summed E-state index contributed by atoms with van der Waals surface area (Å²) in [7, 11) is 0. The number of rotatable bonds is 20. The Morgan fingerprint density at radius 3 is 1.30 bits per heavy atom. The molecule has 0 radical (unpaired) electrons. The standard InChI is InChI=1S/3C11H14BrNO.2C11H14BrN.CH4/c1-8(13)2-7-11(14)9-3-5-10(12)6-4-9;1-8(13)5-6-11(14)9-3-2-4-10(12)7-9;1-8(13)6-7-11(14)9-4-2-3-5-10(9)12;1-9(13)5-4-7-10-6-2-3-8-11(10)12;1-9(13)3-2-4-10-5-7-11(12)8-6-10;/h3-6,11,13-14H,2,7H2,1H3;2-4,7,11,13-14H,5-6H2,1H3;2-5,11,13-14H,6-7H2,1H3;2-3,6,8,13H,4-5,7H2,1H3;5-8,13H,2-4H2,1H3;1H4/t3*11-;;;/m000.../s1/i5*12-4;. The second-order valence-corrected chi connectivity index (χ2v) is 21.1. The van der Waals surface area contributed by atoms with Crippen LogP contribution in [0.3, 0.4) is 0 Å². The summed E-state index contributed by atoms with van der Waals surface area (Å²) in [6.45, 7) is 9.00. The lowest BCUT2D eigenvalue weighted by Crippen LogP contribution is -2.01. The monoisotopic (exact) mass is 1240 g/mol. The summed E-state index contributed by atoms with van der Waals surface area (Å²) in [6, 6.07) is 39.5. The van der Waals surface area contributed by atoms with Gasteiger partial charge in [-0.05, 0) is 188 Å². The van der Waals surface area contributed by atoms with Gasteiger partial charge < -0.3 is 42.4 Å². The second-order valence-electron chi connectivity index (χ2n) is 16.6. The van der Waals surface area contributed by atoms with Crippen molar-refractivity contribution in [2.24, 2.45) is 0 Å². The van der Waals surface area contributed by atoms with Gasteiger partial charge in [0.2, 0.25) is 0 Å². The minimum atomic E-state index is -0.481. The third-order valence-electron chi connectivity index (χ3n) is 10.0. The van der Waals surface area contributed by atoms with E-state index in [1.165, 1.54) is 15.6 Å². The van der Waals surface area contributed by atoms with Crippen molar-refractivity contribution in [1.82, 2.24) is 0 Å². The van der Waals surface area contributed by atoms with E-state index < -0.39 is 18.3 Å². The number of aliphatic hydroxyl groups excluding tert-OH is 3. The summed E-state index contributed by atoms with van der Waals surface area (Å²) in [4.78, 5) is 0. The second kappa shape index (κ2) is 38.4. The SMILES string of the molecule is C.CC(=N)CCCc1ccc([76Br])cc1.CC(=N)CCCc1ccccc1[76Br].CC(=N)CC[C@H](O)c1ccc([76Br])cc1.CC(=N)CC[C@H](O)c1cccc([76Br])c1.CC(=N)CC[C@H](O)c1ccccc1[76Br]. The van der Waals surface area contributed by atoms with Gasteiger partial charge in [-0.1, -0.05) is 160 Å². The third kappa shape index (κ3) is 33.1. The van der Waals surface area contributed by atoms with Crippen molar-refractivity contribution in [3.05, 3.63) is 172 Å². The van der Waals surface area contributed by atoms with Crippen LogP contribution < -0.4 is 0 Å². The van der Waals surface area contributed by atoms with Gasteiger partial charge in [-0.2, -0.15) is 0 Å². The maximum atomic E-state index is 9.82. The fourth-order valence-electron chi connectivity index (χ4n) is 6.15. The number of benzene rings is 5. The van der Waals surface area contributed by atoms with Crippen LogP contribution >= 0.6 is 79.6 Å². The molecule has 0 aliphatic rings. The molecule has 0 saturated carbocycles. The molecule has 0 unspecified atom stereocenters. The average Bonchev–Trinajstić information content (AvgIpc) is 3.29. The molecule has 5 aromatic rings. The Kier molecular flexibility index (Phi) is 36.6. The summed E-state index contributed by atoms with van der Waals surface area (Å²) in [5.41, 5.74) is 8.78. The molecule has 376 valence electrons.